The lowest BCUT2D eigenvalue weighted by atomic mass is 10.0. The molecule has 1 N–H and O–H groups in total. The summed E-state index contributed by atoms with van der Waals surface area (Å²) in [6.45, 7) is 1.41. The summed E-state index contributed by atoms with van der Waals surface area (Å²) in [6.07, 6.45) is 1.16. The first-order valence-corrected chi connectivity index (χ1v) is 8.41. The second-order valence-electron chi connectivity index (χ2n) is 6.56. The Morgan fingerprint density at radius 2 is 1.96 bits per heavy atom. The van der Waals surface area contributed by atoms with E-state index >= 15 is 0 Å². The number of carbonyl (C=O) groups excluding carboxylic acids is 1. The maximum atomic E-state index is 12.9. The van der Waals surface area contributed by atoms with E-state index in [4.69, 9.17) is 4.74 Å². The highest BCUT2D eigenvalue weighted by molar-refractivity contribution is 5.87. The molecule has 4 heteroatoms. The molecule has 24 heavy (non-hydrogen) atoms. The largest absolute Gasteiger partial charge is 0.480 e. The number of rotatable bonds is 1. The van der Waals surface area contributed by atoms with Crippen molar-refractivity contribution in [3.8, 4) is 5.75 Å². The zero-order chi connectivity index (χ0) is 16.1. The number of carbonyl (C=O) groups is 1. The van der Waals surface area contributed by atoms with Gasteiger partial charge in [-0.2, -0.15) is 0 Å². The minimum atomic E-state index is -0.380. The molecular formula is C20H18N2O2. The Morgan fingerprint density at radius 3 is 2.88 bits per heavy atom. The van der Waals surface area contributed by atoms with Crippen LogP contribution >= 0.6 is 0 Å². The third kappa shape index (κ3) is 2.03. The van der Waals surface area contributed by atoms with Crippen molar-refractivity contribution in [1.82, 2.24) is 9.88 Å². The number of aromatic nitrogens is 1. The quantitative estimate of drug-likeness (QED) is 0.749. The van der Waals surface area contributed by atoms with Gasteiger partial charge in [0.25, 0.3) is 5.91 Å². The van der Waals surface area contributed by atoms with Crippen LogP contribution in [0.1, 0.15) is 16.8 Å². The van der Waals surface area contributed by atoms with Crippen LogP contribution in [0.3, 0.4) is 0 Å². The lowest BCUT2D eigenvalue weighted by molar-refractivity contribution is -0.138. The molecule has 1 amide bonds. The van der Waals surface area contributed by atoms with Gasteiger partial charge in [-0.3, -0.25) is 4.79 Å². The summed E-state index contributed by atoms with van der Waals surface area (Å²) in [5.74, 6) is 0.947. The Labute approximate surface area is 140 Å². The molecular weight excluding hydrogens is 300 g/mol. The third-order valence-electron chi connectivity index (χ3n) is 5.12. The van der Waals surface area contributed by atoms with Crippen molar-refractivity contribution in [1.29, 1.82) is 0 Å². The van der Waals surface area contributed by atoms with Crippen molar-refractivity contribution >= 4 is 16.8 Å². The predicted octanol–water partition coefficient (Wildman–Crippen LogP) is 3.06. The van der Waals surface area contributed by atoms with Gasteiger partial charge in [0.15, 0.2) is 6.10 Å². The fraction of sp³-hybridized carbons (Fsp3) is 0.250. The van der Waals surface area contributed by atoms with Crippen molar-refractivity contribution in [2.24, 2.45) is 0 Å². The average Bonchev–Trinajstić information content (AvgIpc) is 3.21. The second kappa shape index (κ2) is 5.13. The average molecular weight is 318 g/mol. The van der Waals surface area contributed by atoms with E-state index in [0.717, 1.165) is 29.8 Å². The summed E-state index contributed by atoms with van der Waals surface area (Å²) in [4.78, 5) is 18.4. The van der Waals surface area contributed by atoms with Gasteiger partial charge in [0.05, 0.1) is 0 Å². The van der Waals surface area contributed by atoms with Crippen LogP contribution in [0, 0.1) is 0 Å². The molecule has 0 bridgehead atoms. The van der Waals surface area contributed by atoms with Gasteiger partial charge in [-0.25, -0.2) is 0 Å². The number of hydrogen-bond acceptors (Lipinski definition) is 2. The fourth-order valence-corrected chi connectivity index (χ4v) is 3.88. The van der Waals surface area contributed by atoms with E-state index in [9.17, 15) is 4.79 Å². The number of aromatic amines is 1. The molecule has 2 aliphatic heterocycles. The predicted molar refractivity (Wildman–Crippen MR) is 92.0 cm³/mol. The van der Waals surface area contributed by atoms with Gasteiger partial charge in [-0.1, -0.05) is 36.4 Å². The van der Waals surface area contributed by atoms with Crippen LogP contribution in [0.25, 0.3) is 10.9 Å². The number of fused-ring (bicyclic) bond motifs is 4. The van der Waals surface area contributed by atoms with Gasteiger partial charge in [-0.15, -0.1) is 0 Å². The molecule has 1 aromatic heterocycles. The van der Waals surface area contributed by atoms with Crippen molar-refractivity contribution < 1.29 is 9.53 Å². The number of hydrogen-bond donors (Lipinski definition) is 1. The van der Waals surface area contributed by atoms with E-state index in [1.165, 1.54) is 16.6 Å². The van der Waals surface area contributed by atoms with Crippen molar-refractivity contribution in [3.05, 3.63) is 65.4 Å². The van der Waals surface area contributed by atoms with Crippen molar-refractivity contribution in [2.75, 3.05) is 6.54 Å². The van der Waals surface area contributed by atoms with E-state index in [0.29, 0.717) is 13.0 Å². The highest BCUT2D eigenvalue weighted by Crippen LogP contribution is 2.31. The Morgan fingerprint density at radius 1 is 1.12 bits per heavy atom. The zero-order valence-electron chi connectivity index (χ0n) is 13.3. The molecule has 5 rings (SSSR count). The molecule has 0 saturated carbocycles. The number of para-hydroxylation sites is 2. The van der Waals surface area contributed by atoms with Crippen LogP contribution in [0.2, 0.25) is 0 Å². The van der Waals surface area contributed by atoms with Gasteiger partial charge in [0, 0.05) is 48.1 Å². The minimum Gasteiger partial charge on any atom is -0.480 e. The summed E-state index contributed by atoms with van der Waals surface area (Å²) < 4.78 is 5.88. The van der Waals surface area contributed by atoms with Gasteiger partial charge < -0.3 is 14.6 Å². The first-order chi connectivity index (χ1) is 11.8. The van der Waals surface area contributed by atoms with E-state index in [1.807, 2.05) is 41.3 Å². The molecule has 0 aliphatic carbocycles. The second-order valence-corrected chi connectivity index (χ2v) is 6.56. The molecule has 3 heterocycles. The van der Waals surface area contributed by atoms with Crippen molar-refractivity contribution in [2.45, 2.75) is 25.5 Å². The number of H-pyrrole nitrogens is 1. The lowest BCUT2D eigenvalue weighted by Crippen LogP contribution is -2.43. The van der Waals surface area contributed by atoms with E-state index < -0.39 is 0 Å². The summed E-state index contributed by atoms with van der Waals surface area (Å²) in [5, 5.41) is 1.22. The molecule has 3 aromatic rings. The monoisotopic (exact) mass is 318 g/mol. The Hall–Kier alpha value is -2.75. The molecule has 0 saturated heterocycles. The molecule has 4 nitrogen and oxygen atoms in total. The van der Waals surface area contributed by atoms with Crippen LogP contribution < -0.4 is 4.74 Å². The molecule has 2 aromatic carbocycles. The summed E-state index contributed by atoms with van der Waals surface area (Å²) in [6, 6.07) is 16.2. The molecule has 0 unspecified atom stereocenters. The molecule has 120 valence electrons. The molecule has 0 fully saturated rings. The number of amides is 1. The highest BCUT2D eigenvalue weighted by Gasteiger charge is 2.34. The smallest absolute Gasteiger partial charge is 0.264 e. The number of nitrogens with one attached hydrogen (secondary N) is 1. The van der Waals surface area contributed by atoms with E-state index in [1.54, 1.807) is 0 Å². The van der Waals surface area contributed by atoms with Crippen LogP contribution in [-0.4, -0.2) is 28.4 Å². The summed E-state index contributed by atoms with van der Waals surface area (Å²) in [5.41, 5.74) is 4.79. The van der Waals surface area contributed by atoms with Gasteiger partial charge in [-0.05, 0) is 17.7 Å². The fourth-order valence-electron chi connectivity index (χ4n) is 3.88. The van der Waals surface area contributed by atoms with Crippen LogP contribution in [0.4, 0.5) is 0 Å². The third-order valence-corrected chi connectivity index (χ3v) is 5.12. The summed E-state index contributed by atoms with van der Waals surface area (Å²) >= 11 is 0. The van der Waals surface area contributed by atoms with Crippen LogP contribution in [-0.2, 0) is 24.2 Å². The minimum absolute atomic E-state index is 0.0992. The number of benzene rings is 2. The van der Waals surface area contributed by atoms with E-state index in [2.05, 4.69) is 17.1 Å². The first kappa shape index (κ1) is 13.7. The zero-order valence-corrected chi connectivity index (χ0v) is 13.3. The van der Waals surface area contributed by atoms with Gasteiger partial charge >= 0.3 is 0 Å². The highest BCUT2D eigenvalue weighted by atomic mass is 16.5. The van der Waals surface area contributed by atoms with Crippen LogP contribution in [0.15, 0.2) is 48.5 Å². The molecule has 1 atom stereocenters. The first-order valence-electron chi connectivity index (χ1n) is 8.41. The summed E-state index contributed by atoms with van der Waals surface area (Å²) in [7, 11) is 0. The lowest BCUT2D eigenvalue weighted by Gasteiger charge is -2.29. The Balaban J connectivity index is 1.40. The van der Waals surface area contributed by atoms with Gasteiger partial charge in [0.1, 0.15) is 5.75 Å². The maximum absolute atomic E-state index is 12.9. The van der Waals surface area contributed by atoms with Crippen LogP contribution in [0.5, 0.6) is 5.75 Å². The standard InChI is InChI=1S/C20H18N2O2/c23-20(19-11-13-5-1-4-8-18(13)24-19)22-10-9-17-15(12-22)14-6-2-3-7-16(14)21-17/h1-8,19,21H,9-12H2/t19-/m1/s1. The number of nitrogens with zero attached hydrogens (tertiary/aromatic N) is 1. The van der Waals surface area contributed by atoms with Gasteiger partial charge in [0.2, 0.25) is 0 Å². The molecule has 0 radical (unpaired) electrons. The topological polar surface area (TPSA) is 45.3 Å². The molecule has 0 spiro atoms. The molecule has 2 aliphatic rings. The van der Waals surface area contributed by atoms with Crippen molar-refractivity contribution in [3.63, 3.8) is 0 Å². The normalized spacial score (nSPS) is 19.0. The Bertz CT molecular complexity index is 919. The SMILES string of the molecule is O=C([C@H]1Cc2ccccc2O1)N1CCc2[nH]c3ccccc3c2C1. The maximum Gasteiger partial charge on any atom is 0.264 e. The Kier molecular flexibility index (Phi) is 2.92. The van der Waals surface area contributed by atoms with E-state index in [-0.39, 0.29) is 12.0 Å². The number of ether oxygens (including phenoxy) is 1.